The number of aromatic nitrogens is 2. The number of hydrogen-bond acceptors (Lipinski definition) is 4. The van der Waals surface area contributed by atoms with Gasteiger partial charge in [0, 0.05) is 11.5 Å². The number of rotatable bonds is 2. The van der Waals surface area contributed by atoms with Crippen molar-refractivity contribution in [2.24, 2.45) is 0 Å². The van der Waals surface area contributed by atoms with Gasteiger partial charge in [0.2, 0.25) is 5.88 Å². The van der Waals surface area contributed by atoms with Crippen LogP contribution in [0.15, 0.2) is 48.5 Å². The van der Waals surface area contributed by atoms with Crippen LogP contribution >= 0.6 is 11.6 Å². The average Bonchev–Trinajstić information content (AvgIpc) is 2.41. The van der Waals surface area contributed by atoms with E-state index in [4.69, 9.17) is 22.1 Å². The van der Waals surface area contributed by atoms with Crippen molar-refractivity contribution in [3.8, 4) is 11.6 Å². The molecule has 0 atom stereocenters. The van der Waals surface area contributed by atoms with Gasteiger partial charge < -0.3 is 10.5 Å². The van der Waals surface area contributed by atoms with Crippen LogP contribution in [0.25, 0.3) is 11.0 Å². The molecule has 0 saturated carbocycles. The highest BCUT2D eigenvalue weighted by molar-refractivity contribution is 6.32. The van der Waals surface area contributed by atoms with E-state index in [1.54, 1.807) is 24.3 Å². The number of fused-ring (bicyclic) bond motifs is 1. The minimum Gasteiger partial charge on any atom is -0.437 e. The van der Waals surface area contributed by atoms with Crippen molar-refractivity contribution in [2.75, 3.05) is 5.73 Å². The molecule has 0 bridgehead atoms. The Balaban J connectivity index is 2.00. The van der Waals surface area contributed by atoms with Crippen LogP contribution in [0.2, 0.25) is 5.02 Å². The van der Waals surface area contributed by atoms with Crippen molar-refractivity contribution in [3.05, 3.63) is 53.6 Å². The zero-order valence-electron chi connectivity index (χ0n) is 9.88. The molecule has 94 valence electrons. The van der Waals surface area contributed by atoms with Gasteiger partial charge in [0.15, 0.2) is 5.65 Å². The molecule has 0 amide bonds. The number of benzene rings is 1. The normalized spacial score (nSPS) is 10.6. The minimum atomic E-state index is 0.426. The number of nitrogens with zero attached hydrogens (tertiary/aromatic N) is 2. The van der Waals surface area contributed by atoms with Gasteiger partial charge >= 0.3 is 0 Å². The highest BCUT2D eigenvalue weighted by atomic mass is 35.5. The second-order valence-corrected chi connectivity index (χ2v) is 4.37. The topological polar surface area (TPSA) is 61.0 Å². The van der Waals surface area contributed by atoms with Crippen molar-refractivity contribution in [3.63, 3.8) is 0 Å². The molecule has 0 radical (unpaired) electrons. The Hall–Kier alpha value is -2.33. The first-order valence-corrected chi connectivity index (χ1v) is 6.06. The zero-order valence-corrected chi connectivity index (χ0v) is 10.6. The molecule has 0 aliphatic heterocycles. The van der Waals surface area contributed by atoms with Gasteiger partial charge in [-0.3, -0.25) is 0 Å². The fraction of sp³-hybridized carbons (Fsp3) is 0. The van der Waals surface area contributed by atoms with Gasteiger partial charge in [-0.2, -0.15) is 4.98 Å². The minimum absolute atomic E-state index is 0.426. The molecular formula is C14H10ClN3O. The van der Waals surface area contributed by atoms with Gasteiger partial charge in [-0.25, -0.2) is 4.98 Å². The molecule has 0 unspecified atom stereocenters. The number of halogens is 1. The van der Waals surface area contributed by atoms with Gasteiger partial charge in [-0.05, 0) is 30.3 Å². The van der Waals surface area contributed by atoms with Crippen LogP contribution in [0.5, 0.6) is 11.6 Å². The second-order valence-electron chi connectivity index (χ2n) is 3.96. The predicted molar refractivity (Wildman–Crippen MR) is 75.5 cm³/mol. The molecular weight excluding hydrogens is 262 g/mol. The molecule has 5 heteroatoms. The lowest BCUT2D eigenvalue weighted by Crippen LogP contribution is -1.94. The monoisotopic (exact) mass is 271 g/mol. The number of anilines is 1. The summed E-state index contributed by atoms with van der Waals surface area (Å²) in [5.41, 5.74) is 6.18. The predicted octanol–water partition coefficient (Wildman–Crippen LogP) is 3.66. The van der Waals surface area contributed by atoms with Gasteiger partial charge in [0.25, 0.3) is 0 Å². The smallest absolute Gasteiger partial charge is 0.221 e. The van der Waals surface area contributed by atoms with E-state index in [1.807, 2.05) is 24.3 Å². The summed E-state index contributed by atoms with van der Waals surface area (Å²) in [6.45, 7) is 0. The van der Waals surface area contributed by atoms with E-state index in [2.05, 4.69) is 9.97 Å². The summed E-state index contributed by atoms with van der Waals surface area (Å²) in [6.07, 6.45) is 0. The third-order valence-corrected chi connectivity index (χ3v) is 2.91. The first kappa shape index (κ1) is 11.7. The van der Waals surface area contributed by atoms with Crippen LogP contribution < -0.4 is 10.5 Å². The maximum Gasteiger partial charge on any atom is 0.221 e. The molecule has 2 aromatic heterocycles. The van der Waals surface area contributed by atoms with E-state index in [9.17, 15) is 0 Å². The molecule has 3 aromatic rings. The van der Waals surface area contributed by atoms with E-state index in [0.29, 0.717) is 28.1 Å². The van der Waals surface area contributed by atoms with Gasteiger partial charge in [-0.15, -0.1) is 0 Å². The van der Waals surface area contributed by atoms with E-state index in [-0.39, 0.29) is 0 Å². The first-order chi connectivity index (χ1) is 9.22. The molecule has 2 heterocycles. The lowest BCUT2D eigenvalue weighted by molar-refractivity contribution is 0.465. The van der Waals surface area contributed by atoms with Crippen molar-refractivity contribution in [1.29, 1.82) is 0 Å². The second kappa shape index (κ2) is 4.74. The largest absolute Gasteiger partial charge is 0.437 e. The third kappa shape index (κ3) is 2.44. The Labute approximate surface area is 114 Å². The van der Waals surface area contributed by atoms with Gasteiger partial charge in [0.1, 0.15) is 11.6 Å². The Kier molecular flexibility index (Phi) is 2.93. The summed E-state index contributed by atoms with van der Waals surface area (Å²) < 4.78 is 5.63. The molecule has 0 saturated heterocycles. The Morgan fingerprint density at radius 2 is 1.74 bits per heavy atom. The number of nitrogens with two attached hydrogens (primary N) is 1. The summed E-state index contributed by atoms with van der Waals surface area (Å²) in [5.74, 6) is 1.41. The molecule has 0 aliphatic carbocycles. The summed E-state index contributed by atoms with van der Waals surface area (Å²) in [6, 6.07) is 14.5. The van der Waals surface area contributed by atoms with Crippen LogP contribution in [0.3, 0.4) is 0 Å². The van der Waals surface area contributed by atoms with Crippen LogP contribution in [0.1, 0.15) is 0 Å². The molecule has 19 heavy (non-hydrogen) atoms. The zero-order chi connectivity index (χ0) is 13.2. The number of ether oxygens (including phenoxy) is 1. The summed E-state index contributed by atoms with van der Waals surface area (Å²) in [5, 5.41) is 1.44. The van der Waals surface area contributed by atoms with E-state index in [1.165, 1.54) is 0 Å². The SMILES string of the molecule is Nc1ccc2ccc(Oc3ccccc3Cl)nc2n1. The fourth-order valence-electron chi connectivity index (χ4n) is 1.69. The standard InChI is InChI=1S/C14H10ClN3O/c15-10-3-1-2-4-11(10)19-13-8-6-9-5-7-12(16)17-14(9)18-13/h1-8H,(H2,16,17,18). The van der Waals surface area contributed by atoms with Crippen LogP contribution in [-0.2, 0) is 0 Å². The molecule has 2 N–H and O–H groups in total. The van der Waals surface area contributed by atoms with Crippen LogP contribution in [0, 0.1) is 0 Å². The Morgan fingerprint density at radius 1 is 0.947 bits per heavy atom. The summed E-state index contributed by atoms with van der Waals surface area (Å²) in [7, 11) is 0. The maximum absolute atomic E-state index is 6.03. The molecule has 0 aliphatic rings. The number of nitrogen functional groups attached to an aromatic ring is 1. The summed E-state index contributed by atoms with van der Waals surface area (Å²) >= 11 is 6.03. The first-order valence-electron chi connectivity index (χ1n) is 5.68. The van der Waals surface area contributed by atoms with Crippen molar-refractivity contribution in [2.45, 2.75) is 0 Å². The number of hydrogen-bond donors (Lipinski definition) is 1. The average molecular weight is 272 g/mol. The molecule has 1 aromatic carbocycles. The van der Waals surface area contributed by atoms with Crippen molar-refractivity contribution < 1.29 is 4.74 Å². The molecule has 3 rings (SSSR count). The third-order valence-electron chi connectivity index (χ3n) is 2.60. The molecule has 0 spiro atoms. The Morgan fingerprint density at radius 3 is 2.58 bits per heavy atom. The number of pyridine rings is 2. The fourth-order valence-corrected chi connectivity index (χ4v) is 1.87. The van der Waals surface area contributed by atoms with Gasteiger partial charge in [-0.1, -0.05) is 23.7 Å². The van der Waals surface area contributed by atoms with E-state index in [0.717, 1.165) is 5.39 Å². The lowest BCUT2D eigenvalue weighted by Gasteiger charge is -2.07. The highest BCUT2D eigenvalue weighted by Gasteiger charge is 2.05. The quantitative estimate of drug-likeness (QED) is 0.773. The van der Waals surface area contributed by atoms with E-state index < -0.39 is 0 Å². The van der Waals surface area contributed by atoms with Gasteiger partial charge in [0.05, 0.1) is 5.02 Å². The highest BCUT2D eigenvalue weighted by Crippen LogP contribution is 2.28. The van der Waals surface area contributed by atoms with E-state index >= 15 is 0 Å². The molecule has 0 fully saturated rings. The summed E-state index contributed by atoms with van der Waals surface area (Å²) in [4.78, 5) is 8.45. The molecule has 4 nitrogen and oxygen atoms in total. The van der Waals surface area contributed by atoms with Crippen molar-refractivity contribution >= 4 is 28.5 Å². The lowest BCUT2D eigenvalue weighted by atomic mass is 10.3. The number of para-hydroxylation sites is 1. The van der Waals surface area contributed by atoms with Crippen LogP contribution in [0.4, 0.5) is 5.82 Å². The maximum atomic E-state index is 6.03. The van der Waals surface area contributed by atoms with Crippen molar-refractivity contribution in [1.82, 2.24) is 9.97 Å². The van der Waals surface area contributed by atoms with Crippen LogP contribution in [-0.4, -0.2) is 9.97 Å². The Bertz CT molecular complexity index is 746.